The van der Waals surface area contributed by atoms with Crippen molar-refractivity contribution in [1.29, 1.82) is 0 Å². The first kappa shape index (κ1) is 10.6. The summed E-state index contributed by atoms with van der Waals surface area (Å²) in [4.78, 5) is 5.29. The average Bonchev–Trinajstić information content (AvgIpc) is 2.57. The van der Waals surface area contributed by atoms with E-state index in [1.54, 1.807) is 18.4 Å². The second-order valence-electron chi connectivity index (χ2n) is 3.16. The van der Waals surface area contributed by atoms with Crippen LogP contribution in [-0.2, 0) is 11.3 Å². The van der Waals surface area contributed by atoms with Crippen molar-refractivity contribution in [2.45, 2.75) is 13.5 Å². The highest BCUT2D eigenvalue weighted by molar-refractivity contribution is 7.09. The van der Waals surface area contributed by atoms with E-state index in [-0.39, 0.29) is 0 Å². The number of thiazole rings is 1. The van der Waals surface area contributed by atoms with Gasteiger partial charge in [0, 0.05) is 37.9 Å². The molecule has 74 valence electrons. The fourth-order valence-corrected chi connectivity index (χ4v) is 1.68. The van der Waals surface area contributed by atoms with Crippen LogP contribution in [0.2, 0.25) is 0 Å². The summed E-state index contributed by atoms with van der Waals surface area (Å²) in [5, 5.41) is 3.36. The van der Waals surface area contributed by atoms with Crippen molar-refractivity contribution in [3.63, 3.8) is 0 Å². The highest BCUT2D eigenvalue weighted by Crippen LogP contribution is 2.04. The van der Waals surface area contributed by atoms with Crippen LogP contribution in [0.1, 0.15) is 11.8 Å². The zero-order valence-corrected chi connectivity index (χ0v) is 8.93. The minimum absolute atomic E-state index is 0.568. The monoisotopic (exact) mass is 200 g/mol. The number of ether oxygens (including phenoxy) is 1. The summed E-state index contributed by atoms with van der Waals surface area (Å²) in [5.41, 5.74) is 1.86. The van der Waals surface area contributed by atoms with Crippen molar-refractivity contribution in [3.05, 3.63) is 16.6 Å². The lowest BCUT2D eigenvalue weighted by Gasteiger charge is -2.10. The molecule has 4 heteroatoms. The van der Waals surface area contributed by atoms with Crippen LogP contribution in [0.25, 0.3) is 0 Å². The zero-order chi connectivity index (χ0) is 9.52. The zero-order valence-electron chi connectivity index (χ0n) is 8.12. The Hall–Kier alpha value is -0.450. The van der Waals surface area contributed by atoms with Crippen LogP contribution in [0.3, 0.4) is 0 Å². The molecular formula is C9H16N2OS. The van der Waals surface area contributed by atoms with Crippen LogP contribution < -0.4 is 5.32 Å². The van der Waals surface area contributed by atoms with Gasteiger partial charge in [0.25, 0.3) is 0 Å². The van der Waals surface area contributed by atoms with Gasteiger partial charge in [-0.2, -0.15) is 0 Å². The molecule has 1 aromatic rings. The molecule has 0 aromatic carbocycles. The largest absolute Gasteiger partial charge is 0.384 e. The molecule has 0 aliphatic rings. The molecule has 1 N–H and O–H groups in total. The molecule has 0 aliphatic carbocycles. The summed E-state index contributed by atoms with van der Waals surface area (Å²) in [7, 11) is 1.74. The molecule has 1 atom stereocenters. The van der Waals surface area contributed by atoms with Gasteiger partial charge in [-0.3, -0.25) is 4.98 Å². The van der Waals surface area contributed by atoms with Crippen LogP contribution in [-0.4, -0.2) is 25.2 Å². The average molecular weight is 200 g/mol. The van der Waals surface area contributed by atoms with E-state index in [4.69, 9.17) is 4.74 Å². The number of rotatable bonds is 6. The van der Waals surface area contributed by atoms with Gasteiger partial charge in [-0.05, 0) is 5.92 Å². The molecule has 1 heterocycles. The summed E-state index contributed by atoms with van der Waals surface area (Å²) in [5.74, 6) is 0.568. The Balaban J connectivity index is 2.07. The topological polar surface area (TPSA) is 34.1 Å². The minimum Gasteiger partial charge on any atom is -0.384 e. The maximum Gasteiger partial charge on any atom is 0.0794 e. The SMILES string of the molecule is COCC(C)CNCc1cncs1. The predicted molar refractivity (Wildman–Crippen MR) is 54.9 cm³/mol. The van der Waals surface area contributed by atoms with Gasteiger partial charge in [-0.25, -0.2) is 0 Å². The normalized spacial score (nSPS) is 13.1. The number of aromatic nitrogens is 1. The molecule has 0 saturated heterocycles. The van der Waals surface area contributed by atoms with E-state index in [0.29, 0.717) is 5.92 Å². The maximum atomic E-state index is 5.04. The molecule has 0 bridgehead atoms. The molecule has 0 spiro atoms. The fourth-order valence-electron chi connectivity index (χ4n) is 1.11. The molecule has 1 unspecified atom stereocenters. The van der Waals surface area contributed by atoms with E-state index in [2.05, 4.69) is 17.2 Å². The molecule has 3 nitrogen and oxygen atoms in total. The Morgan fingerprint density at radius 3 is 3.15 bits per heavy atom. The van der Waals surface area contributed by atoms with E-state index in [0.717, 1.165) is 19.7 Å². The van der Waals surface area contributed by atoms with Crippen molar-refractivity contribution >= 4 is 11.3 Å². The number of nitrogens with zero attached hydrogens (tertiary/aromatic N) is 1. The van der Waals surface area contributed by atoms with Gasteiger partial charge < -0.3 is 10.1 Å². The Labute approximate surface area is 83.1 Å². The Morgan fingerprint density at radius 2 is 2.54 bits per heavy atom. The second kappa shape index (κ2) is 6.07. The molecule has 13 heavy (non-hydrogen) atoms. The lowest BCUT2D eigenvalue weighted by Crippen LogP contribution is -2.22. The minimum atomic E-state index is 0.568. The van der Waals surface area contributed by atoms with Crippen LogP contribution in [0.4, 0.5) is 0 Å². The van der Waals surface area contributed by atoms with Crippen molar-refractivity contribution in [1.82, 2.24) is 10.3 Å². The van der Waals surface area contributed by atoms with E-state index in [1.807, 2.05) is 11.7 Å². The number of nitrogens with one attached hydrogen (secondary N) is 1. The molecule has 1 rings (SSSR count). The van der Waals surface area contributed by atoms with E-state index in [9.17, 15) is 0 Å². The summed E-state index contributed by atoms with van der Waals surface area (Å²) >= 11 is 1.68. The van der Waals surface area contributed by atoms with Gasteiger partial charge in [0.1, 0.15) is 0 Å². The third-order valence-corrected chi connectivity index (χ3v) is 2.51. The van der Waals surface area contributed by atoms with Crippen LogP contribution in [0, 0.1) is 5.92 Å². The summed E-state index contributed by atoms with van der Waals surface area (Å²) in [6.45, 7) is 4.89. The van der Waals surface area contributed by atoms with Gasteiger partial charge >= 0.3 is 0 Å². The van der Waals surface area contributed by atoms with Crippen LogP contribution in [0.15, 0.2) is 11.7 Å². The van der Waals surface area contributed by atoms with E-state index >= 15 is 0 Å². The van der Waals surface area contributed by atoms with Gasteiger partial charge in [-0.15, -0.1) is 11.3 Å². The number of hydrogen-bond acceptors (Lipinski definition) is 4. The molecular weight excluding hydrogens is 184 g/mol. The van der Waals surface area contributed by atoms with E-state index < -0.39 is 0 Å². The molecule has 0 aliphatic heterocycles. The second-order valence-corrected chi connectivity index (χ2v) is 4.13. The third-order valence-electron chi connectivity index (χ3n) is 1.73. The third kappa shape index (κ3) is 4.36. The van der Waals surface area contributed by atoms with Crippen molar-refractivity contribution in [2.24, 2.45) is 5.92 Å². The Bertz CT molecular complexity index is 213. The molecule has 0 saturated carbocycles. The maximum absolute atomic E-state index is 5.04. The van der Waals surface area contributed by atoms with Crippen LogP contribution in [0.5, 0.6) is 0 Å². The quantitative estimate of drug-likeness (QED) is 0.756. The smallest absolute Gasteiger partial charge is 0.0794 e. The van der Waals surface area contributed by atoms with Crippen molar-refractivity contribution < 1.29 is 4.74 Å². The Morgan fingerprint density at radius 1 is 1.69 bits per heavy atom. The van der Waals surface area contributed by atoms with Crippen molar-refractivity contribution in [3.8, 4) is 0 Å². The van der Waals surface area contributed by atoms with Gasteiger partial charge in [0.15, 0.2) is 0 Å². The van der Waals surface area contributed by atoms with Gasteiger partial charge in [-0.1, -0.05) is 6.92 Å². The highest BCUT2D eigenvalue weighted by Gasteiger charge is 2.00. The number of hydrogen-bond donors (Lipinski definition) is 1. The van der Waals surface area contributed by atoms with Crippen LogP contribution >= 0.6 is 11.3 Å². The van der Waals surface area contributed by atoms with Gasteiger partial charge in [0.05, 0.1) is 5.51 Å². The standard InChI is InChI=1S/C9H16N2OS/c1-8(6-12-2)3-10-4-9-5-11-7-13-9/h5,7-8,10H,3-4,6H2,1-2H3. The van der Waals surface area contributed by atoms with Crippen molar-refractivity contribution in [2.75, 3.05) is 20.3 Å². The summed E-state index contributed by atoms with van der Waals surface area (Å²) in [6, 6.07) is 0. The first-order valence-electron chi connectivity index (χ1n) is 4.40. The molecule has 1 aromatic heterocycles. The first-order valence-corrected chi connectivity index (χ1v) is 5.28. The lowest BCUT2D eigenvalue weighted by molar-refractivity contribution is 0.158. The first-order chi connectivity index (χ1) is 6.33. The number of methoxy groups -OCH3 is 1. The van der Waals surface area contributed by atoms with Gasteiger partial charge in [0.2, 0.25) is 0 Å². The fraction of sp³-hybridized carbons (Fsp3) is 0.667. The molecule has 0 fully saturated rings. The molecule has 0 amide bonds. The Kier molecular flexibility index (Phi) is 4.97. The summed E-state index contributed by atoms with van der Waals surface area (Å²) < 4.78 is 5.04. The highest BCUT2D eigenvalue weighted by atomic mass is 32.1. The van der Waals surface area contributed by atoms with E-state index in [1.165, 1.54) is 4.88 Å². The lowest BCUT2D eigenvalue weighted by atomic mass is 10.2. The predicted octanol–water partition coefficient (Wildman–Crippen LogP) is 1.52. The molecule has 0 radical (unpaired) electrons. The summed E-state index contributed by atoms with van der Waals surface area (Å²) in [6.07, 6.45) is 1.90.